The average Bonchev–Trinajstić information content (AvgIpc) is 2.69. The Balaban J connectivity index is 2.22. The van der Waals surface area contributed by atoms with Crippen LogP contribution in [-0.4, -0.2) is 38.7 Å². The number of sulfone groups is 1. The number of esters is 1. The van der Waals surface area contributed by atoms with Gasteiger partial charge in [-0.15, -0.1) is 0 Å². The third-order valence-corrected chi connectivity index (χ3v) is 5.89. The lowest BCUT2D eigenvalue weighted by Crippen LogP contribution is -2.40. The first kappa shape index (κ1) is 20.6. The maximum Gasteiger partial charge on any atom is 0.340 e. The largest absolute Gasteiger partial charge is 0.449 e. The topological polar surface area (TPSA) is 80.8 Å². The first-order valence-corrected chi connectivity index (χ1v) is 10.4. The van der Waals surface area contributed by atoms with Gasteiger partial charge in [-0.05, 0) is 38.1 Å². The highest BCUT2D eigenvalue weighted by molar-refractivity contribution is 7.91. The minimum atomic E-state index is -3.59. The summed E-state index contributed by atoms with van der Waals surface area (Å²) >= 11 is 0. The zero-order valence-corrected chi connectivity index (χ0v) is 16.4. The van der Waals surface area contributed by atoms with E-state index in [1.54, 1.807) is 24.3 Å². The number of carbonyl (C=O) groups excluding carboxylic acids is 2. The van der Waals surface area contributed by atoms with Crippen molar-refractivity contribution in [2.24, 2.45) is 0 Å². The number of nitrogens with zero attached hydrogens (tertiary/aromatic N) is 1. The average molecular weight is 389 g/mol. The zero-order chi connectivity index (χ0) is 20.0. The SMILES string of the molecule is CCN(C(=O)[C@@H](C)OC(=O)c1ccccc1S(=O)(=O)CC)c1ccccc1. The molecular weight excluding hydrogens is 366 g/mol. The van der Waals surface area contributed by atoms with Crippen LogP contribution in [0.3, 0.4) is 0 Å². The maximum atomic E-state index is 12.7. The van der Waals surface area contributed by atoms with Gasteiger partial charge in [-0.3, -0.25) is 4.79 Å². The van der Waals surface area contributed by atoms with Crippen LogP contribution >= 0.6 is 0 Å². The van der Waals surface area contributed by atoms with Crippen molar-refractivity contribution in [3.8, 4) is 0 Å². The van der Waals surface area contributed by atoms with Crippen LogP contribution in [0.2, 0.25) is 0 Å². The van der Waals surface area contributed by atoms with E-state index in [2.05, 4.69) is 0 Å². The molecular formula is C20H23NO5S. The van der Waals surface area contributed by atoms with Crippen molar-refractivity contribution in [2.45, 2.75) is 31.8 Å². The highest BCUT2D eigenvalue weighted by Crippen LogP contribution is 2.20. The van der Waals surface area contributed by atoms with Crippen molar-refractivity contribution in [2.75, 3.05) is 17.2 Å². The van der Waals surface area contributed by atoms with Crippen molar-refractivity contribution in [3.63, 3.8) is 0 Å². The van der Waals surface area contributed by atoms with Gasteiger partial charge in [0.25, 0.3) is 5.91 Å². The molecule has 27 heavy (non-hydrogen) atoms. The molecule has 0 aliphatic heterocycles. The van der Waals surface area contributed by atoms with Crippen molar-refractivity contribution >= 4 is 27.4 Å². The van der Waals surface area contributed by atoms with Gasteiger partial charge in [0.2, 0.25) is 0 Å². The van der Waals surface area contributed by atoms with Crippen LogP contribution in [0.4, 0.5) is 5.69 Å². The molecule has 144 valence electrons. The Morgan fingerprint density at radius 1 is 1.00 bits per heavy atom. The minimum Gasteiger partial charge on any atom is -0.449 e. The Labute approximate surface area is 159 Å². The molecule has 2 aromatic carbocycles. The summed E-state index contributed by atoms with van der Waals surface area (Å²) in [5.74, 6) is -1.36. The highest BCUT2D eigenvalue weighted by Gasteiger charge is 2.27. The van der Waals surface area contributed by atoms with Crippen LogP contribution in [0, 0.1) is 0 Å². The summed E-state index contributed by atoms with van der Waals surface area (Å²) in [6.07, 6.45) is -1.06. The summed E-state index contributed by atoms with van der Waals surface area (Å²) in [6, 6.07) is 14.9. The normalized spacial score (nSPS) is 12.3. The van der Waals surface area contributed by atoms with Crippen LogP contribution in [-0.2, 0) is 19.4 Å². The van der Waals surface area contributed by atoms with Crippen LogP contribution in [0.15, 0.2) is 59.5 Å². The monoisotopic (exact) mass is 389 g/mol. The van der Waals surface area contributed by atoms with Crippen LogP contribution in [0.5, 0.6) is 0 Å². The molecule has 0 aromatic heterocycles. The molecule has 0 fully saturated rings. The summed E-state index contributed by atoms with van der Waals surface area (Å²) in [5.41, 5.74) is 0.628. The molecule has 0 unspecified atom stereocenters. The summed E-state index contributed by atoms with van der Waals surface area (Å²) in [6.45, 7) is 5.21. The van der Waals surface area contributed by atoms with Gasteiger partial charge in [0.05, 0.1) is 16.2 Å². The molecule has 2 aromatic rings. The molecule has 0 spiro atoms. The molecule has 1 atom stereocenters. The van der Waals surface area contributed by atoms with E-state index in [1.165, 1.54) is 30.9 Å². The van der Waals surface area contributed by atoms with E-state index < -0.39 is 21.9 Å². The number of carbonyl (C=O) groups is 2. The fourth-order valence-corrected chi connectivity index (χ4v) is 3.71. The fraction of sp³-hybridized carbons (Fsp3) is 0.300. The number of para-hydroxylation sites is 1. The Morgan fingerprint density at radius 2 is 1.59 bits per heavy atom. The number of rotatable bonds is 7. The predicted octanol–water partition coefficient (Wildman–Crippen LogP) is 3.08. The zero-order valence-electron chi connectivity index (χ0n) is 15.6. The number of likely N-dealkylation sites (N-methyl/N-ethyl adjacent to an activating group) is 1. The van der Waals surface area contributed by atoms with Crippen molar-refractivity contribution in [1.82, 2.24) is 0 Å². The van der Waals surface area contributed by atoms with E-state index in [0.29, 0.717) is 12.2 Å². The number of hydrogen-bond donors (Lipinski definition) is 0. The number of amides is 1. The van der Waals surface area contributed by atoms with Crippen molar-refractivity contribution in [1.29, 1.82) is 0 Å². The van der Waals surface area contributed by atoms with Crippen LogP contribution in [0.1, 0.15) is 31.1 Å². The molecule has 0 saturated carbocycles. The molecule has 0 saturated heterocycles. The second-order valence-electron chi connectivity index (χ2n) is 5.87. The smallest absolute Gasteiger partial charge is 0.340 e. The summed E-state index contributed by atoms with van der Waals surface area (Å²) in [4.78, 5) is 26.7. The van der Waals surface area contributed by atoms with E-state index in [0.717, 1.165) is 0 Å². The van der Waals surface area contributed by atoms with Crippen molar-refractivity contribution in [3.05, 3.63) is 60.2 Å². The molecule has 0 aliphatic rings. The second-order valence-corrected chi connectivity index (χ2v) is 8.11. The van der Waals surface area contributed by atoms with Gasteiger partial charge >= 0.3 is 5.97 Å². The third-order valence-electron chi connectivity index (χ3n) is 4.10. The number of anilines is 1. The number of ether oxygens (including phenoxy) is 1. The van der Waals surface area contributed by atoms with Gasteiger partial charge in [0.1, 0.15) is 0 Å². The lowest BCUT2D eigenvalue weighted by molar-refractivity contribution is -0.126. The Kier molecular flexibility index (Phi) is 6.74. The van der Waals surface area contributed by atoms with Gasteiger partial charge in [-0.1, -0.05) is 37.3 Å². The molecule has 0 bridgehead atoms. The molecule has 7 heteroatoms. The Hall–Kier alpha value is -2.67. The highest BCUT2D eigenvalue weighted by atomic mass is 32.2. The van der Waals surface area contributed by atoms with Gasteiger partial charge in [0.15, 0.2) is 15.9 Å². The standard InChI is InChI=1S/C20H23NO5S/c1-4-21(16-11-7-6-8-12-16)19(22)15(3)26-20(23)17-13-9-10-14-18(17)27(24,25)5-2/h6-15H,4-5H2,1-3H3/t15-/m1/s1. The van der Waals surface area contributed by atoms with Gasteiger partial charge < -0.3 is 9.64 Å². The molecule has 0 radical (unpaired) electrons. The molecule has 6 nitrogen and oxygen atoms in total. The lowest BCUT2D eigenvalue weighted by atomic mass is 10.2. The summed E-state index contributed by atoms with van der Waals surface area (Å²) in [5, 5.41) is 0. The number of hydrogen-bond acceptors (Lipinski definition) is 5. The van der Waals surface area contributed by atoms with E-state index in [4.69, 9.17) is 4.74 Å². The summed E-state index contributed by atoms with van der Waals surface area (Å²) in [7, 11) is -3.59. The van der Waals surface area contributed by atoms with E-state index in [1.807, 2.05) is 25.1 Å². The predicted molar refractivity (Wildman–Crippen MR) is 104 cm³/mol. The quantitative estimate of drug-likeness (QED) is 0.680. The molecule has 0 heterocycles. The molecule has 2 rings (SSSR count). The fourth-order valence-electron chi connectivity index (χ4n) is 2.63. The van der Waals surface area contributed by atoms with Gasteiger partial charge in [0, 0.05) is 12.2 Å². The molecule has 0 N–H and O–H groups in total. The third kappa shape index (κ3) is 4.74. The maximum absolute atomic E-state index is 12.7. The first-order chi connectivity index (χ1) is 12.8. The summed E-state index contributed by atoms with van der Waals surface area (Å²) < 4.78 is 29.7. The second kappa shape index (κ2) is 8.81. The number of benzene rings is 2. The Morgan fingerprint density at radius 3 is 2.19 bits per heavy atom. The molecule has 1 amide bonds. The van der Waals surface area contributed by atoms with Crippen LogP contribution in [0.25, 0.3) is 0 Å². The van der Waals surface area contributed by atoms with E-state index in [9.17, 15) is 18.0 Å². The van der Waals surface area contributed by atoms with Gasteiger partial charge in [-0.2, -0.15) is 0 Å². The lowest BCUT2D eigenvalue weighted by Gasteiger charge is -2.24. The van der Waals surface area contributed by atoms with E-state index >= 15 is 0 Å². The molecule has 0 aliphatic carbocycles. The van der Waals surface area contributed by atoms with Crippen LogP contribution < -0.4 is 4.90 Å². The first-order valence-electron chi connectivity index (χ1n) is 8.71. The van der Waals surface area contributed by atoms with Gasteiger partial charge in [-0.25, -0.2) is 13.2 Å². The minimum absolute atomic E-state index is 0.0678. The van der Waals surface area contributed by atoms with Crippen molar-refractivity contribution < 1.29 is 22.7 Å². The van der Waals surface area contributed by atoms with E-state index in [-0.39, 0.29) is 22.1 Å². The Bertz CT molecular complexity index is 909.